The molecule has 0 atom stereocenters. The molecule has 0 aliphatic heterocycles. The number of rotatable bonds is 2. The summed E-state index contributed by atoms with van der Waals surface area (Å²) in [6.45, 7) is -0.452. The fourth-order valence-corrected chi connectivity index (χ4v) is 0.262. The van der Waals surface area contributed by atoms with Gasteiger partial charge in [-0.3, -0.25) is 0 Å². The van der Waals surface area contributed by atoms with Crippen molar-refractivity contribution in [1.82, 2.24) is 5.32 Å². The minimum absolute atomic E-state index is 0.452. The number of amides is 1. The van der Waals surface area contributed by atoms with Gasteiger partial charge in [-0.15, -0.1) is 0 Å². The lowest BCUT2D eigenvalue weighted by molar-refractivity contribution is -0.00652. The van der Waals surface area contributed by atoms with Crippen LogP contribution in [0.1, 0.15) is 0 Å². The van der Waals surface area contributed by atoms with Crippen LogP contribution in [-0.4, -0.2) is 33.2 Å². The van der Waals surface area contributed by atoms with E-state index in [-0.39, 0.29) is 0 Å². The Balaban J connectivity index is 3.27. The Morgan fingerprint density at radius 1 is 1.36 bits per heavy atom. The third kappa shape index (κ3) is 5.01. The van der Waals surface area contributed by atoms with Crippen LogP contribution in [0.5, 0.6) is 0 Å². The smallest absolute Gasteiger partial charge is 0.438 e. The van der Waals surface area contributed by atoms with Crippen LogP contribution in [0.4, 0.5) is 9.59 Å². The molecule has 1 N–H and O–H groups in total. The van der Waals surface area contributed by atoms with Crippen molar-refractivity contribution in [2.75, 3.05) is 21.0 Å². The van der Waals surface area contributed by atoms with E-state index in [4.69, 9.17) is 0 Å². The molecule has 6 nitrogen and oxygen atoms in total. The van der Waals surface area contributed by atoms with Crippen molar-refractivity contribution in [2.45, 2.75) is 0 Å². The lowest BCUT2D eigenvalue weighted by Gasteiger charge is -2.03. The first kappa shape index (κ1) is 9.54. The number of hydrogen-bond acceptors (Lipinski definition) is 5. The highest BCUT2D eigenvalue weighted by Gasteiger charge is 2.01. The molecule has 0 aliphatic rings. The first-order valence-electron chi connectivity index (χ1n) is 2.76. The average molecular weight is 163 g/mol. The summed E-state index contributed by atoms with van der Waals surface area (Å²) in [4.78, 5) is 20.5. The van der Waals surface area contributed by atoms with Gasteiger partial charge >= 0.3 is 12.2 Å². The molecule has 0 radical (unpaired) electrons. The third-order valence-electron chi connectivity index (χ3n) is 0.738. The molecule has 0 aromatic rings. The molecule has 64 valence electrons. The molecule has 1 amide bonds. The predicted octanol–water partition coefficient (Wildman–Crippen LogP) is 0.0829. The van der Waals surface area contributed by atoms with E-state index in [0.29, 0.717) is 0 Å². The molecule has 0 saturated carbocycles. The van der Waals surface area contributed by atoms with Crippen LogP contribution < -0.4 is 5.32 Å². The number of hydrogen-bond donors (Lipinski definition) is 1. The van der Waals surface area contributed by atoms with E-state index in [1.807, 2.05) is 0 Å². The summed E-state index contributed by atoms with van der Waals surface area (Å²) in [6, 6.07) is 0. The highest BCUT2D eigenvalue weighted by atomic mass is 16.8. The SMILES string of the molecule is CNC(=O)OCOC(=O)OC. The molecule has 0 fully saturated rings. The van der Waals surface area contributed by atoms with Gasteiger partial charge in [-0.2, -0.15) is 0 Å². The Kier molecular flexibility index (Phi) is 4.63. The third-order valence-corrected chi connectivity index (χ3v) is 0.738. The Bertz CT molecular complexity index is 130. The van der Waals surface area contributed by atoms with Crippen molar-refractivity contribution in [3.63, 3.8) is 0 Å². The Labute approximate surface area is 63.4 Å². The van der Waals surface area contributed by atoms with Crippen LogP contribution in [0, 0.1) is 0 Å². The molecule has 0 unspecified atom stereocenters. The molecule has 0 bridgehead atoms. The van der Waals surface area contributed by atoms with Crippen molar-refractivity contribution in [1.29, 1.82) is 0 Å². The first-order chi connectivity index (χ1) is 5.20. The fourth-order valence-electron chi connectivity index (χ4n) is 0.262. The Morgan fingerprint density at radius 2 is 2.00 bits per heavy atom. The maximum Gasteiger partial charge on any atom is 0.510 e. The maximum absolute atomic E-state index is 10.3. The first-order valence-corrected chi connectivity index (χ1v) is 2.76. The van der Waals surface area contributed by atoms with Crippen LogP contribution in [0.2, 0.25) is 0 Å². The molecular weight excluding hydrogens is 154 g/mol. The summed E-state index contributed by atoms with van der Waals surface area (Å²) >= 11 is 0. The molecule has 0 saturated heterocycles. The Hall–Kier alpha value is -1.46. The molecule has 0 rings (SSSR count). The van der Waals surface area contributed by atoms with Crippen molar-refractivity contribution in [3.05, 3.63) is 0 Å². The van der Waals surface area contributed by atoms with Crippen LogP contribution in [0.25, 0.3) is 0 Å². The lowest BCUT2D eigenvalue weighted by atomic mass is 11.1. The topological polar surface area (TPSA) is 73.9 Å². The largest absolute Gasteiger partial charge is 0.510 e. The number of carbonyl (C=O) groups is 2. The van der Waals surface area contributed by atoms with Gasteiger partial charge < -0.3 is 19.5 Å². The van der Waals surface area contributed by atoms with Crippen LogP contribution >= 0.6 is 0 Å². The normalized spacial score (nSPS) is 8.18. The summed E-state index contributed by atoms with van der Waals surface area (Å²) < 4.78 is 12.6. The van der Waals surface area contributed by atoms with Gasteiger partial charge in [0.25, 0.3) is 0 Å². The second-order valence-corrected chi connectivity index (χ2v) is 1.40. The van der Waals surface area contributed by atoms with Crippen LogP contribution in [-0.2, 0) is 14.2 Å². The molecule has 0 spiro atoms. The zero-order chi connectivity index (χ0) is 8.69. The minimum atomic E-state index is -0.895. The van der Waals surface area contributed by atoms with E-state index in [0.717, 1.165) is 7.11 Å². The molecule has 11 heavy (non-hydrogen) atoms. The van der Waals surface area contributed by atoms with Gasteiger partial charge in [0, 0.05) is 7.05 Å². The monoisotopic (exact) mass is 163 g/mol. The average Bonchev–Trinajstić information content (AvgIpc) is 2.04. The van der Waals surface area contributed by atoms with Gasteiger partial charge in [0.05, 0.1) is 7.11 Å². The van der Waals surface area contributed by atoms with Gasteiger partial charge in [-0.25, -0.2) is 9.59 Å². The van der Waals surface area contributed by atoms with Crippen LogP contribution in [0.15, 0.2) is 0 Å². The number of ether oxygens (including phenoxy) is 3. The van der Waals surface area contributed by atoms with E-state index in [1.54, 1.807) is 0 Å². The molecular formula is C5H9NO5. The van der Waals surface area contributed by atoms with E-state index in [9.17, 15) is 9.59 Å². The van der Waals surface area contributed by atoms with Gasteiger partial charge in [0.2, 0.25) is 6.79 Å². The molecule has 6 heteroatoms. The van der Waals surface area contributed by atoms with Crippen molar-refractivity contribution >= 4 is 12.2 Å². The number of alkyl carbamates (subject to hydrolysis) is 1. The van der Waals surface area contributed by atoms with Gasteiger partial charge in [-0.05, 0) is 0 Å². The fraction of sp³-hybridized carbons (Fsp3) is 0.600. The highest BCUT2D eigenvalue weighted by molar-refractivity contribution is 5.66. The second kappa shape index (κ2) is 5.33. The van der Waals surface area contributed by atoms with Crippen molar-refractivity contribution < 1.29 is 23.8 Å². The summed E-state index contributed by atoms with van der Waals surface area (Å²) in [7, 11) is 2.54. The van der Waals surface area contributed by atoms with Crippen molar-refractivity contribution in [2.24, 2.45) is 0 Å². The minimum Gasteiger partial charge on any atom is -0.438 e. The van der Waals surface area contributed by atoms with Gasteiger partial charge in [0.1, 0.15) is 0 Å². The molecule has 0 heterocycles. The van der Waals surface area contributed by atoms with E-state index >= 15 is 0 Å². The number of nitrogens with one attached hydrogen (secondary N) is 1. The van der Waals surface area contributed by atoms with E-state index < -0.39 is 19.0 Å². The maximum atomic E-state index is 10.3. The van der Waals surface area contributed by atoms with E-state index in [2.05, 4.69) is 19.5 Å². The zero-order valence-electron chi connectivity index (χ0n) is 6.25. The summed E-state index contributed by atoms with van der Waals surface area (Å²) in [5.74, 6) is 0. The predicted molar refractivity (Wildman–Crippen MR) is 33.9 cm³/mol. The van der Waals surface area contributed by atoms with E-state index in [1.165, 1.54) is 7.05 Å². The van der Waals surface area contributed by atoms with Crippen molar-refractivity contribution in [3.8, 4) is 0 Å². The van der Waals surface area contributed by atoms with Crippen LogP contribution in [0.3, 0.4) is 0 Å². The lowest BCUT2D eigenvalue weighted by Crippen LogP contribution is -2.21. The molecule has 0 aliphatic carbocycles. The zero-order valence-corrected chi connectivity index (χ0v) is 6.25. The quantitative estimate of drug-likeness (QED) is 0.461. The number of methoxy groups -OCH3 is 1. The Morgan fingerprint density at radius 3 is 2.45 bits per heavy atom. The molecule has 0 aromatic carbocycles. The summed E-state index contributed by atoms with van der Waals surface area (Å²) in [5.41, 5.74) is 0. The second-order valence-electron chi connectivity index (χ2n) is 1.40. The standard InChI is InChI=1S/C5H9NO5/c1-6-4(7)10-3-11-5(8)9-2/h3H2,1-2H3,(H,6,7). The molecule has 0 aromatic heterocycles. The summed E-state index contributed by atoms with van der Waals surface area (Å²) in [6.07, 6.45) is -1.57. The summed E-state index contributed by atoms with van der Waals surface area (Å²) in [5, 5.41) is 2.16. The highest BCUT2D eigenvalue weighted by Crippen LogP contribution is 1.83. The van der Waals surface area contributed by atoms with Gasteiger partial charge in [0.15, 0.2) is 0 Å². The number of carbonyl (C=O) groups excluding carboxylic acids is 2. The van der Waals surface area contributed by atoms with Gasteiger partial charge in [-0.1, -0.05) is 0 Å².